The van der Waals surface area contributed by atoms with E-state index in [1.165, 1.54) is 12.1 Å². The number of ether oxygens (including phenoxy) is 1. The average molecular weight is 366 g/mol. The van der Waals surface area contributed by atoms with Crippen LogP contribution < -0.4 is 15.6 Å². The van der Waals surface area contributed by atoms with Gasteiger partial charge in [-0.25, -0.2) is 0 Å². The predicted molar refractivity (Wildman–Crippen MR) is 105 cm³/mol. The van der Waals surface area contributed by atoms with E-state index in [0.29, 0.717) is 10.9 Å². The number of rotatable bonds is 7. The third kappa shape index (κ3) is 4.35. The molecule has 0 bridgehead atoms. The van der Waals surface area contributed by atoms with Crippen molar-refractivity contribution in [1.29, 1.82) is 0 Å². The maximum atomic E-state index is 12.6. The Balaban J connectivity index is 1.67. The smallest absolute Gasteiger partial charge is 0.248 e. The van der Waals surface area contributed by atoms with Gasteiger partial charge in [-0.2, -0.15) is 0 Å². The molecule has 0 spiro atoms. The minimum absolute atomic E-state index is 0.0555. The summed E-state index contributed by atoms with van der Waals surface area (Å²) >= 11 is 0. The van der Waals surface area contributed by atoms with Gasteiger partial charge in [0.2, 0.25) is 5.56 Å². The van der Waals surface area contributed by atoms with E-state index in [9.17, 15) is 14.7 Å². The topological polar surface area (TPSA) is 91.4 Å². The van der Waals surface area contributed by atoms with Crippen molar-refractivity contribution < 1.29 is 14.6 Å². The second-order valence-electron chi connectivity index (χ2n) is 6.50. The van der Waals surface area contributed by atoms with Crippen LogP contribution in [0, 0.1) is 0 Å². The molecule has 1 heterocycles. The molecule has 3 rings (SSSR count). The summed E-state index contributed by atoms with van der Waals surface area (Å²) in [6.45, 7) is 2.18. The molecule has 0 amide bonds. The lowest BCUT2D eigenvalue weighted by Gasteiger charge is -2.14. The summed E-state index contributed by atoms with van der Waals surface area (Å²) in [5, 5.41) is 13.7. The number of hydrogen-bond acceptors (Lipinski definition) is 5. The number of nitrogens with one attached hydrogen (secondary N) is 2. The van der Waals surface area contributed by atoms with Gasteiger partial charge in [0.05, 0.1) is 19.2 Å². The van der Waals surface area contributed by atoms with Crippen LogP contribution in [0.2, 0.25) is 0 Å². The summed E-state index contributed by atoms with van der Waals surface area (Å²) in [5.41, 5.74) is 1.56. The summed E-state index contributed by atoms with van der Waals surface area (Å²) in [5.74, 6) is 0.653. The number of fused-ring (bicyclic) bond motifs is 1. The van der Waals surface area contributed by atoms with E-state index in [-0.39, 0.29) is 35.2 Å². The number of ketones is 1. The Morgan fingerprint density at radius 2 is 1.89 bits per heavy atom. The van der Waals surface area contributed by atoms with Crippen LogP contribution in [0.3, 0.4) is 0 Å². The van der Waals surface area contributed by atoms with Crippen LogP contribution in [-0.4, -0.2) is 35.6 Å². The quantitative estimate of drug-likeness (QED) is 0.559. The van der Waals surface area contributed by atoms with E-state index in [1.807, 2.05) is 31.2 Å². The largest absolute Gasteiger partial charge is 0.506 e. The van der Waals surface area contributed by atoms with Gasteiger partial charge in [-0.3, -0.25) is 9.59 Å². The van der Waals surface area contributed by atoms with Crippen LogP contribution in [0.15, 0.2) is 53.3 Å². The number of aromatic nitrogens is 1. The Hall–Kier alpha value is -3.12. The third-order valence-corrected chi connectivity index (χ3v) is 4.49. The number of pyridine rings is 1. The number of phenols is 1. The van der Waals surface area contributed by atoms with E-state index in [1.54, 1.807) is 19.2 Å². The van der Waals surface area contributed by atoms with Crippen molar-refractivity contribution in [3.8, 4) is 11.5 Å². The van der Waals surface area contributed by atoms with Gasteiger partial charge in [0.1, 0.15) is 11.5 Å². The molecule has 0 fully saturated rings. The van der Waals surface area contributed by atoms with E-state index in [4.69, 9.17) is 4.74 Å². The minimum atomic E-state index is -0.325. The Labute approximate surface area is 156 Å². The zero-order valence-electron chi connectivity index (χ0n) is 15.3. The molecule has 0 aliphatic carbocycles. The fourth-order valence-corrected chi connectivity index (χ4v) is 3.03. The Bertz CT molecular complexity index is 1010. The number of hydrogen-bond donors (Lipinski definition) is 3. The van der Waals surface area contributed by atoms with Crippen molar-refractivity contribution in [3.05, 3.63) is 70.0 Å². The van der Waals surface area contributed by atoms with Crippen LogP contribution >= 0.6 is 0 Å². The van der Waals surface area contributed by atoms with Gasteiger partial charge in [-0.15, -0.1) is 0 Å². The molecule has 0 saturated carbocycles. The lowest BCUT2D eigenvalue weighted by molar-refractivity contribution is 0.0989. The maximum absolute atomic E-state index is 12.6. The number of carbonyl (C=O) groups is 1. The molecule has 27 heavy (non-hydrogen) atoms. The minimum Gasteiger partial charge on any atom is -0.506 e. The SMILES string of the molecule is COc1ccc(CC(C)NCC(=O)c2ccc(O)c3[nH]c(=O)ccc23)cc1. The van der Waals surface area contributed by atoms with Gasteiger partial charge in [0.15, 0.2) is 5.78 Å². The van der Waals surface area contributed by atoms with E-state index in [0.717, 1.165) is 17.7 Å². The lowest BCUT2D eigenvalue weighted by atomic mass is 10.0. The van der Waals surface area contributed by atoms with Crippen molar-refractivity contribution in [3.63, 3.8) is 0 Å². The fourth-order valence-electron chi connectivity index (χ4n) is 3.03. The highest BCUT2D eigenvalue weighted by Gasteiger charge is 2.14. The molecule has 3 N–H and O–H groups in total. The molecule has 6 heteroatoms. The van der Waals surface area contributed by atoms with Crippen molar-refractivity contribution in [1.82, 2.24) is 10.3 Å². The molecule has 1 atom stereocenters. The molecular formula is C21H22N2O4. The molecule has 1 unspecified atom stereocenters. The van der Waals surface area contributed by atoms with Gasteiger partial charge in [0, 0.05) is 23.1 Å². The van der Waals surface area contributed by atoms with Gasteiger partial charge in [-0.1, -0.05) is 12.1 Å². The molecule has 6 nitrogen and oxygen atoms in total. The lowest BCUT2D eigenvalue weighted by Crippen LogP contribution is -2.33. The second-order valence-corrected chi connectivity index (χ2v) is 6.50. The molecule has 3 aromatic rings. The molecule has 0 aliphatic heterocycles. The highest BCUT2D eigenvalue weighted by atomic mass is 16.5. The van der Waals surface area contributed by atoms with Crippen LogP contribution in [-0.2, 0) is 6.42 Å². The molecule has 140 valence electrons. The normalized spacial score (nSPS) is 12.1. The first-order valence-electron chi connectivity index (χ1n) is 8.72. The van der Waals surface area contributed by atoms with E-state index in [2.05, 4.69) is 10.3 Å². The van der Waals surface area contributed by atoms with Crippen LogP contribution in [0.25, 0.3) is 10.9 Å². The number of Topliss-reactive ketones (excluding diaryl/α,β-unsaturated/α-hetero) is 1. The Morgan fingerprint density at radius 3 is 2.59 bits per heavy atom. The first kappa shape index (κ1) is 18.7. The van der Waals surface area contributed by atoms with E-state index < -0.39 is 0 Å². The number of phenolic OH excluding ortho intramolecular Hbond substituents is 1. The summed E-state index contributed by atoms with van der Waals surface area (Å²) in [6, 6.07) is 13.8. The van der Waals surface area contributed by atoms with Gasteiger partial charge >= 0.3 is 0 Å². The number of methoxy groups -OCH3 is 1. The van der Waals surface area contributed by atoms with Crippen molar-refractivity contribution in [2.75, 3.05) is 13.7 Å². The van der Waals surface area contributed by atoms with Crippen LogP contribution in [0.5, 0.6) is 11.5 Å². The third-order valence-electron chi connectivity index (χ3n) is 4.49. The van der Waals surface area contributed by atoms with Crippen LogP contribution in [0.4, 0.5) is 0 Å². The van der Waals surface area contributed by atoms with Crippen LogP contribution in [0.1, 0.15) is 22.8 Å². The molecular weight excluding hydrogens is 344 g/mol. The number of benzene rings is 2. The highest BCUT2D eigenvalue weighted by molar-refractivity contribution is 6.09. The number of aromatic amines is 1. The summed E-state index contributed by atoms with van der Waals surface area (Å²) < 4.78 is 5.15. The zero-order chi connectivity index (χ0) is 19.4. The van der Waals surface area contributed by atoms with Crippen molar-refractivity contribution >= 4 is 16.7 Å². The standard InChI is InChI=1S/C21H22N2O4/c1-13(11-14-3-5-15(27-2)6-4-14)22-12-19(25)16-7-9-18(24)21-17(16)8-10-20(26)23-21/h3-10,13,22,24H,11-12H2,1-2H3,(H,23,26). The number of carbonyl (C=O) groups excluding carboxylic acids is 1. The second kappa shape index (κ2) is 8.05. The molecule has 0 saturated heterocycles. The molecule has 1 aromatic heterocycles. The first-order valence-corrected chi connectivity index (χ1v) is 8.72. The predicted octanol–water partition coefficient (Wildman–Crippen LogP) is 2.65. The van der Waals surface area contributed by atoms with Gasteiger partial charge < -0.3 is 20.1 Å². The highest BCUT2D eigenvalue weighted by Crippen LogP contribution is 2.24. The average Bonchev–Trinajstić information content (AvgIpc) is 2.67. The zero-order valence-corrected chi connectivity index (χ0v) is 15.3. The molecule has 2 aromatic carbocycles. The Kier molecular flexibility index (Phi) is 5.57. The fraction of sp³-hybridized carbons (Fsp3) is 0.238. The monoisotopic (exact) mass is 366 g/mol. The molecule has 0 radical (unpaired) electrons. The Morgan fingerprint density at radius 1 is 1.15 bits per heavy atom. The molecule has 0 aliphatic rings. The summed E-state index contributed by atoms with van der Waals surface area (Å²) in [6.07, 6.45) is 0.779. The number of H-pyrrole nitrogens is 1. The van der Waals surface area contributed by atoms with Crippen molar-refractivity contribution in [2.24, 2.45) is 0 Å². The summed E-state index contributed by atoms with van der Waals surface area (Å²) in [4.78, 5) is 26.7. The van der Waals surface area contributed by atoms with Gasteiger partial charge in [-0.05, 0) is 49.2 Å². The van der Waals surface area contributed by atoms with Gasteiger partial charge in [0.25, 0.3) is 0 Å². The maximum Gasteiger partial charge on any atom is 0.248 e. The van der Waals surface area contributed by atoms with Crippen molar-refractivity contribution in [2.45, 2.75) is 19.4 Å². The van der Waals surface area contributed by atoms with E-state index >= 15 is 0 Å². The number of aromatic hydroxyl groups is 1. The summed E-state index contributed by atoms with van der Waals surface area (Å²) in [7, 11) is 1.63. The first-order chi connectivity index (χ1) is 13.0.